The summed E-state index contributed by atoms with van der Waals surface area (Å²) in [6.45, 7) is 6.13. The van der Waals surface area contributed by atoms with Crippen LogP contribution in [0.5, 0.6) is 5.75 Å². The predicted octanol–water partition coefficient (Wildman–Crippen LogP) is 1.41. The van der Waals surface area contributed by atoms with Crippen LogP contribution in [0.1, 0.15) is 19.4 Å². The summed E-state index contributed by atoms with van der Waals surface area (Å²) in [6, 6.07) is 4.78. The van der Waals surface area contributed by atoms with Crippen molar-refractivity contribution >= 4 is 17.5 Å². The number of hydrogen-bond acceptors (Lipinski definition) is 3. The van der Waals surface area contributed by atoms with Crippen molar-refractivity contribution in [3.63, 3.8) is 0 Å². The van der Waals surface area contributed by atoms with E-state index in [9.17, 15) is 14.7 Å². The fourth-order valence-electron chi connectivity index (χ4n) is 1.31. The maximum absolute atomic E-state index is 11.6. The van der Waals surface area contributed by atoms with Crippen LogP contribution in [0.15, 0.2) is 18.2 Å². The normalized spacial score (nSPS) is 10.2. The monoisotopic (exact) mass is 250 g/mol. The molecule has 1 aromatic carbocycles. The Kier molecular flexibility index (Phi) is 4.71. The van der Waals surface area contributed by atoms with Crippen LogP contribution >= 0.6 is 0 Å². The fourth-order valence-corrected chi connectivity index (χ4v) is 1.31. The number of phenols is 1. The summed E-state index contributed by atoms with van der Waals surface area (Å²) in [6.07, 6.45) is 0. The number of benzene rings is 1. The molecule has 0 radical (unpaired) electrons. The number of amides is 2. The van der Waals surface area contributed by atoms with E-state index in [0.29, 0.717) is 6.54 Å². The van der Waals surface area contributed by atoms with Gasteiger partial charge in [-0.1, -0.05) is 19.9 Å². The second kappa shape index (κ2) is 6.05. The van der Waals surface area contributed by atoms with Crippen molar-refractivity contribution in [2.45, 2.75) is 20.8 Å². The maximum atomic E-state index is 11.6. The van der Waals surface area contributed by atoms with E-state index in [1.807, 2.05) is 20.8 Å². The Hall–Kier alpha value is -2.04. The van der Waals surface area contributed by atoms with Gasteiger partial charge in [0.1, 0.15) is 5.75 Å². The zero-order valence-electron chi connectivity index (χ0n) is 10.8. The van der Waals surface area contributed by atoms with Crippen molar-refractivity contribution < 1.29 is 14.7 Å². The standard InChI is InChI=1S/C13H18N2O3/c1-8(2)7-14-12(17)13(18)15-10-6-9(3)4-5-11(10)16/h4-6,8,16H,7H2,1-3H3,(H,14,17)(H,15,18). The molecule has 0 spiro atoms. The summed E-state index contributed by atoms with van der Waals surface area (Å²) in [5, 5.41) is 14.4. The van der Waals surface area contributed by atoms with Crippen molar-refractivity contribution in [2.75, 3.05) is 11.9 Å². The van der Waals surface area contributed by atoms with E-state index >= 15 is 0 Å². The van der Waals surface area contributed by atoms with Gasteiger partial charge in [0.25, 0.3) is 0 Å². The van der Waals surface area contributed by atoms with Gasteiger partial charge in [-0.15, -0.1) is 0 Å². The summed E-state index contributed by atoms with van der Waals surface area (Å²) >= 11 is 0. The van der Waals surface area contributed by atoms with Gasteiger partial charge in [-0.05, 0) is 30.5 Å². The second-order valence-electron chi connectivity index (χ2n) is 4.58. The predicted molar refractivity (Wildman–Crippen MR) is 69.3 cm³/mol. The average Bonchev–Trinajstić information content (AvgIpc) is 2.30. The van der Waals surface area contributed by atoms with Crippen molar-refractivity contribution in [3.8, 4) is 5.75 Å². The van der Waals surface area contributed by atoms with E-state index in [1.54, 1.807) is 12.1 Å². The number of nitrogens with one attached hydrogen (secondary N) is 2. The molecule has 0 aromatic heterocycles. The van der Waals surface area contributed by atoms with Gasteiger partial charge in [0.05, 0.1) is 5.69 Å². The van der Waals surface area contributed by atoms with Crippen LogP contribution in [0.4, 0.5) is 5.69 Å². The molecule has 0 unspecified atom stereocenters. The Morgan fingerprint density at radius 2 is 1.94 bits per heavy atom. The molecule has 1 rings (SSSR count). The summed E-state index contributed by atoms with van der Waals surface area (Å²) in [5.74, 6) is -1.28. The van der Waals surface area contributed by atoms with Crippen molar-refractivity contribution in [2.24, 2.45) is 5.92 Å². The maximum Gasteiger partial charge on any atom is 0.313 e. The lowest BCUT2D eigenvalue weighted by Crippen LogP contribution is -2.37. The summed E-state index contributed by atoms with van der Waals surface area (Å²) in [7, 11) is 0. The number of aryl methyl sites for hydroxylation is 1. The number of aromatic hydroxyl groups is 1. The average molecular weight is 250 g/mol. The summed E-state index contributed by atoms with van der Waals surface area (Å²) in [4.78, 5) is 23.0. The minimum Gasteiger partial charge on any atom is -0.506 e. The van der Waals surface area contributed by atoms with E-state index in [2.05, 4.69) is 10.6 Å². The van der Waals surface area contributed by atoms with Gasteiger partial charge < -0.3 is 15.7 Å². The minimum absolute atomic E-state index is 0.0643. The van der Waals surface area contributed by atoms with Crippen LogP contribution in [-0.2, 0) is 9.59 Å². The van der Waals surface area contributed by atoms with Crippen molar-refractivity contribution in [1.82, 2.24) is 5.32 Å². The van der Waals surface area contributed by atoms with Crippen LogP contribution < -0.4 is 10.6 Å². The number of phenolic OH excluding ortho intramolecular Hbond substituents is 1. The molecule has 3 N–H and O–H groups in total. The molecule has 0 heterocycles. The number of carbonyl (C=O) groups excluding carboxylic acids is 2. The Bertz CT molecular complexity index is 456. The third-order valence-corrected chi connectivity index (χ3v) is 2.28. The molecule has 0 saturated carbocycles. The molecule has 1 aromatic rings. The fraction of sp³-hybridized carbons (Fsp3) is 0.385. The highest BCUT2D eigenvalue weighted by Gasteiger charge is 2.15. The van der Waals surface area contributed by atoms with E-state index in [1.165, 1.54) is 6.07 Å². The molecule has 0 aliphatic carbocycles. The van der Waals surface area contributed by atoms with Gasteiger partial charge in [0, 0.05) is 6.54 Å². The Balaban J connectivity index is 2.64. The van der Waals surface area contributed by atoms with Gasteiger partial charge in [-0.25, -0.2) is 0 Å². The molecule has 18 heavy (non-hydrogen) atoms. The summed E-state index contributed by atoms with van der Waals surface area (Å²) < 4.78 is 0. The van der Waals surface area contributed by atoms with E-state index in [4.69, 9.17) is 0 Å². The molecule has 0 saturated heterocycles. The van der Waals surface area contributed by atoms with Gasteiger partial charge in [0.2, 0.25) is 0 Å². The molecule has 5 heteroatoms. The summed E-state index contributed by atoms with van der Waals surface area (Å²) in [5.41, 5.74) is 1.12. The van der Waals surface area contributed by atoms with Crippen molar-refractivity contribution in [1.29, 1.82) is 0 Å². The SMILES string of the molecule is Cc1ccc(O)c(NC(=O)C(=O)NCC(C)C)c1. The van der Waals surface area contributed by atoms with Gasteiger partial charge in [-0.2, -0.15) is 0 Å². The molecular weight excluding hydrogens is 232 g/mol. The first-order chi connectivity index (χ1) is 8.40. The quantitative estimate of drug-likeness (QED) is 0.560. The third-order valence-electron chi connectivity index (χ3n) is 2.28. The third kappa shape index (κ3) is 4.08. The molecule has 0 aliphatic heterocycles. The smallest absolute Gasteiger partial charge is 0.313 e. The first-order valence-electron chi connectivity index (χ1n) is 5.79. The lowest BCUT2D eigenvalue weighted by Gasteiger charge is -2.09. The van der Waals surface area contributed by atoms with Crippen LogP contribution in [0, 0.1) is 12.8 Å². The zero-order valence-corrected chi connectivity index (χ0v) is 10.8. The molecule has 0 atom stereocenters. The van der Waals surface area contributed by atoms with E-state index in [0.717, 1.165) is 5.56 Å². The molecular formula is C13H18N2O3. The highest BCUT2D eigenvalue weighted by atomic mass is 16.3. The molecule has 0 fully saturated rings. The topological polar surface area (TPSA) is 78.4 Å². The highest BCUT2D eigenvalue weighted by Crippen LogP contribution is 2.23. The first-order valence-corrected chi connectivity index (χ1v) is 5.79. The van der Waals surface area contributed by atoms with E-state index < -0.39 is 11.8 Å². The number of hydrogen-bond donors (Lipinski definition) is 3. The van der Waals surface area contributed by atoms with E-state index in [-0.39, 0.29) is 17.4 Å². The molecule has 98 valence electrons. The number of rotatable bonds is 3. The van der Waals surface area contributed by atoms with Crippen LogP contribution in [0.2, 0.25) is 0 Å². The molecule has 5 nitrogen and oxygen atoms in total. The zero-order chi connectivity index (χ0) is 13.7. The Morgan fingerprint density at radius 1 is 1.28 bits per heavy atom. The van der Waals surface area contributed by atoms with Crippen LogP contribution in [0.25, 0.3) is 0 Å². The van der Waals surface area contributed by atoms with Gasteiger partial charge in [0.15, 0.2) is 0 Å². The second-order valence-corrected chi connectivity index (χ2v) is 4.58. The largest absolute Gasteiger partial charge is 0.506 e. The van der Waals surface area contributed by atoms with Crippen LogP contribution in [0.3, 0.4) is 0 Å². The van der Waals surface area contributed by atoms with Crippen molar-refractivity contribution in [3.05, 3.63) is 23.8 Å². The number of carbonyl (C=O) groups is 2. The van der Waals surface area contributed by atoms with Gasteiger partial charge >= 0.3 is 11.8 Å². The Labute approximate surface area is 106 Å². The highest BCUT2D eigenvalue weighted by molar-refractivity contribution is 6.39. The number of anilines is 1. The van der Waals surface area contributed by atoms with Gasteiger partial charge in [-0.3, -0.25) is 9.59 Å². The lowest BCUT2D eigenvalue weighted by atomic mass is 10.2. The first kappa shape index (κ1) is 14.0. The van der Waals surface area contributed by atoms with Crippen LogP contribution in [-0.4, -0.2) is 23.5 Å². The molecule has 0 aliphatic rings. The lowest BCUT2D eigenvalue weighted by molar-refractivity contribution is -0.136. The Morgan fingerprint density at radius 3 is 2.56 bits per heavy atom. The minimum atomic E-state index is -0.781. The molecule has 2 amide bonds. The molecule has 0 bridgehead atoms.